The van der Waals surface area contributed by atoms with E-state index in [0.717, 1.165) is 24.5 Å². The Hall–Kier alpha value is -3.43. The van der Waals surface area contributed by atoms with Gasteiger partial charge in [-0.1, -0.05) is 12.6 Å². The molecule has 0 radical (unpaired) electrons. The van der Waals surface area contributed by atoms with Crippen molar-refractivity contribution in [2.24, 2.45) is 0 Å². The molecule has 1 saturated heterocycles. The predicted octanol–water partition coefficient (Wildman–Crippen LogP) is 3.10. The van der Waals surface area contributed by atoms with Gasteiger partial charge in [0.1, 0.15) is 5.82 Å². The third-order valence-corrected chi connectivity index (χ3v) is 5.46. The fourth-order valence-electron chi connectivity index (χ4n) is 3.00. The van der Waals surface area contributed by atoms with Crippen molar-refractivity contribution in [2.75, 3.05) is 36.5 Å². The molecule has 3 N–H and O–H groups in total. The number of aromatic hydroxyl groups is 2. The molecule has 0 aliphatic carbocycles. The van der Waals surface area contributed by atoms with E-state index in [9.17, 15) is 15.0 Å². The second kappa shape index (κ2) is 8.52. The van der Waals surface area contributed by atoms with Crippen molar-refractivity contribution >= 4 is 33.8 Å². The summed E-state index contributed by atoms with van der Waals surface area (Å²) in [7, 11) is 0. The van der Waals surface area contributed by atoms with Gasteiger partial charge in [0, 0.05) is 35.8 Å². The molecule has 1 amide bonds. The van der Waals surface area contributed by atoms with Crippen LogP contribution in [0.2, 0.25) is 0 Å². The quantitative estimate of drug-likeness (QED) is 0.427. The summed E-state index contributed by atoms with van der Waals surface area (Å²) in [5, 5.41) is 24.0. The number of anilines is 2. The summed E-state index contributed by atoms with van der Waals surface area (Å²) in [5.74, 6) is -0.114. The van der Waals surface area contributed by atoms with Crippen molar-refractivity contribution in [1.29, 1.82) is 0 Å². The Labute approximate surface area is 177 Å². The number of carbonyl (C=O) groups is 1. The first kappa shape index (κ1) is 19.9. The maximum Gasteiger partial charge on any atom is 0.257 e. The van der Waals surface area contributed by atoms with Gasteiger partial charge in [-0.25, -0.2) is 9.97 Å². The number of rotatable bonds is 5. The first-order valence-corrected chi connectivity index (χ1v) is 10.2. The number of phenols is 2. The minimum absolute atomic E-state index is 0.151. The van der Waals surface area contributed by atoms with Crippen molar-refractivity contribution in [3.05, 3.63) is 54.1 Å². The number of morpholine rings is 1. The summed E-state index contributed by atoms with van der Waals surface area (Å²) in [6.07, 6.45) is 1.77. The molecule has 9 heteroatoms. The van der Waals surface area contributed by atoms with Crippen LogP contribution in [0.15, 0.2) is 48.5 Å². The highest BCUT2D eigenvalue weighted by Gasteiger charge is 2.15. The van der Waals surface area contributed by atoms with E-state index < -0.39 is 5.91 Å². The molecule has 1 aromatic carbocycles. The van der Waals surface area contributed by atoms with Crippen LogP contribution in [0, 0.1) is 0 Å². The summed E-state index contributed by atoms with van der Waals surface area (Å²) in [6.45, 7) is 6.81. The van der Waals surface area contributed by atoms with Gasteiger partial charge in [-0.15, -0.1) is 11.3 Å². The molecule has 30 heavy (non-hydrogen) atoms. The van der Waals surface area contributed by atoms with E-state index in [0.29, 0.717) is 29.6 Å². The fourth-order valence-corrected chi connectivity index (χ4v) is 3.71. The molecule has 3 aromatic rings. The summed E-state index contributed by atoms with van der Waals surface area (Å²) >= 11 is 1.29. The normalized spacial score (nSPS) is 13.8. The highest BCUT2D eigenvalue weighted by atomic mass is 32.1. The number of hydrogen-bond acceptors (Lipinski definition) is 8. The van der Waals surface area contributed by atoms with Crippen LogP contribution in [0.25, 0.3) is 16.8 Å². The molecule has 8 nitrogen and oxygen atoms in total. The second-order valence-electron chi connectivity index (χ2n) is 6.68. The molecule has 1 aliphatic heterocycles. The van der Waals surface area contributed by atoms with Gasteiger partial charge >= 0.3 is 0 Å². The molecular weight excluding hydrogens is 404 g/mol. The van der Waals surface area contributed by atoms with E-state index in [1.807, 2.05) is 17.5 Å². The largest absolute Gasteiger partial charge is 0.504 e. The van der Waals surface area contributed by atoms with Gasteiger partial charge in [-0.05, 0) is 29.8 Å². The summed E-state index contributed by atoms with van der Waals surface area (Å²) in [6, 6.07) is 8.00. The van der Waals surface area contributed by atoms with Crippen LogP contribution < -0.4 is 10.2 Å². The van der Waals surface area contributed by atoms with Gasteiger partial charge in [0.15, 0.2) is 16.6 Å². The Morgan fingerprint density at radius 2 is 1.97 bits per heavy atom. The van der Waals surface area contributed by atoms with Crippen LogP contribution in [0.4, 0.5) is 10.9 Å². The van der Waals surface area contributed by atoms with Crippen molar-refractivity contribution in [2.45, 2.75) is 0 Å². The monoisotopic (exact) mass is 424 g/mol. The number of phenolic OH excluding ortho intramolecular Hbond substituents is 2. The third-order valence-electron chi connectivity index (χ3n) is 4.70. The molecule has 1 fully saturated rings. The predicted molar refractivity (Wildman–Crippen MR) is 116 cm³/mol. The number of aromatic nitrogens is 2. The lowest BCUT2D eigenvalue weighted by atomic mass is 10.1. The van der Waals surface area contributed by atoms with Crippen molar-refractivity contribution in [3.63, 3.8) is 0 Å². The second-order valence-corrected chi connectivity index (χ2v) is 7.54. The average molecular weight is 424 g/mol. The lowest BCUT2D eigenvalue weighted by Gasteiger charge is -2.27. The van der Waals surface area contributed by atoms with E-state index in [1.54, 1.807) is 6.20 Å². The smallest absolute Gasteiger partial charge is 0.257 e. The molecule has 0 bridgehead atoms. The molecule has 0 saturated carbocycles. The Bertz CT molecular complexity index is 1070. The molecule has 0 unspecified atom stereocenters. The number of pyridine rings is 1. The zero-order chi connectivity index (χ0) is 21.1. The molecule has 4 rings (SSSR count). The van der Waals surface area contributed by atoms with Crippen molar-refractivity contribution in [1.82, 2.24) is 9.97 Å². The molecule has 1 aliphatic rings. The van der Waals surface area contributed by atoms with Crippen LogP contribution in [0.1, 0.15) is 5.56 Å². The zero-order valence-corrected chi connectivity index (χ0v) is 16.9. The van der Waals surface area contributed by atoms with Gasteiger partial charge in [-0.3, -0.25) is 10.1 Å². The van der Waals surface area contributed by atoms with Gasteiger partial charge < -0.3 is 19.8 Å². The van der Waals surface area contributed by atoms with Gasteiger partial charge in [0.05, 0.1) is 18.9 Å². The molecule has 0 spiro atoms. The van der Waals surface area contributed by atoms with Crippen molar-refractivity contribution < 1.29 is 19.7 Å². The lowest BCUT2D eigenvalue weighted by Crippen LogP contribution is -2.36. The van der Waals surface area contributed by atoms with Crippen molar-refractivity contribution in [3.8, 4) is 22.8 Å². The lowest BCUT2D eigenvalue weighted by molar-refractivity contribution is -0.111. The average Bonchev–Trinajstić information content (AvgIpc) is 3.24. The number of nitrogens with one attached hydrogen (secondary N) is 1. The standard InChI is InChI=1S/C21H20N4O4S/c1-13(14-2-4-17(26)18(27)10-14)20(28)24-21-23-16(12-30-21)15-3-5-19(22-11-15)25-6-8-29-9-7-25/h2-5,10-12,26-27H,1,6-9H2,(H,23,24,28). The van der Waals surface area contributed by atoms with E-state index >= 15 is 0 Å². The fraction of sp³-hybridized carbons (Fsp3) is 0.190. The molecule has 154 valence electrons. The zero-order valence-electron chi connectivity index (χ0n) is 16.0. The van der Waals surface area contributed by atoms with Crippen LogP contribution in [-0.2, 0) is 9.53 Å². The van der Waals surface area contributed by atoms with E-state index in [1.165, 1.54) is 29.5 Å². The Balaban J connectivity index is 1.42. The van der Waals surface area contributed by atoms with Crippen LogP contribution in [-0.4, -0.2) is 52.4 Å². The Kier molecular flexibility index (Phi) is 5.64. The molecular formula is C21H20N4O4S. The van der Waals surface area contributed by atoms with Crippen LogP contribution in [0.3, 0.4) is 0 Å². The number of hydrogen-bond donors (Lipinski definition) is 3. The van der Waals surface area contributed by atoms with E-state index in [2.05, 4.69) is 26.8 Å². The number of thiazole rings is 1. The maximum absolute atomic E-state index is 12.5. The number of ether oxygens (including phenoxy) is 1. The van der Waals surface area contributed by atoms with Gasteiger partial charge in [-0.2, -0.15) is 0 Å². The highest BCUT2D eigenvalue weighted by Crippen LogP contribution is 2.29. The minimum atomic E-state index is -0.443. The highest BCUT2D eigenvalue weighted by molar-refractivity contribution is 7.14. The number of benzene rings is 1. The summed E-state index contributed by atoms with van der Waals surface area (Å²) in [5.41, 5.74) is 2.12. The summed E-state index contributed by atoms with van der Waals surface area (Å²) < 4.78 is 5.36. The molecule has 3 heterocycles. The first-order chi connectivity index (χ1) is 14.5. The number of nitrogens with zero attached hydrogens (tertiary/aromatic N) is 3. The minimum Gasteiger partial charge on any atom is -0.504 e. The topological polar surface area (TPSA) is 108 Å². The van der Waals surface area contributed by atoms with Crippen LogP contribution in [0.5, 0.6) is 11.5 Å². The van der Waals surface area contributed by atoms with Gasteiger partial charge in [0.2, 0.25) is 0 Å². The number of amides is 1. The Morgan fingerprint density at radius 1 is 1.17 bits per heavy atom. The van der Waals surface area contributed by atoms with E-state index in [4.69, 9.17) is 4.74 Å². The van der Waals surface area contributed by atoms with Crippen LogP contribution >= 0.6 is 11.3 Å². The molecule has 2 aromatic heterocycles. The first-order valence-electron chi connectivity index (χ1n) is 9.28. The maximum atomic E-state index is 12.5. The SMILES string of the molecule is C=C(C(=O)Nc1nc(-c2ccc(N3CCOCC3)nc2)cs1)c1ccc(O)c(O)c1. The van der Waals surface area contributed by atoms with E-state index in [-0.39, 0.29) is 17.1 Å². The third kappa shape index (κ3) is 4.27. The number of carbonyl (C=O) groups excluding carboxylic acids is 1. The van der Waals surface area contributed by atoms with Gasteiger partial charge in [0.25, 0.3) is 5.91 Å². The summed E-state index contributed by atoms with van der Waals surface area (Å²) in [4.78, 5) is 23.6. The molecule has 0 atom stereocenters. The Morgan fingerprint density at radius 3 is 2.67 bits per heavy atom.